The number of rotatable bonds is 4. The summed E-state index contributed by atoms with van der Waals surface area (Å²) in [5.74, 6) is 1.20. The van der Waals surface area contributed by atoms with E-state index in [0.717, 1.165) is 12.8 Å². The summed E-state index contributed by atoms with van der Waals surface area (Å²) in [5.41, 5.74) is 0.0780. The number of hydrogen-bond donors (Lipinski definition) is 1. The van der Waals surface area contributed by atoms with Gasteiger partial charge in [0.1, 0.15) is 11.6 Å². The lowest BCUT2D eigenvalue weighted by molar-refractivity contribution is -0.384. The molecule has 2 rings (SSSR count). The van der Waals surface area contributed by atoms with Gasteiger partial charge in [-0.1, -0.05) is 12.8 Å². The van der Waals surface area contributed by atoms with Crippen molar-refractivity contribution in [1.29, 1.82) is 0 Å². The van der Waals surface area contributed by atoms with Gasteiger partial charge in [0.15, 0.2) is 0 Å². The quantitative estimate of drug-likeness (QED) is 0.656. The molecule has 1 fully saturated rings. The fourth-order valence-corrected chi connectivity index (χ4v) is 2.39. The van der Waals surface area contributed by atoms with E-state index in [-0.39, 0.29) is 10.6 Å². The smallest absolute Gasteiger partial charge is 0.276 e. The monoisotopic (exact) mass is 250 g/mol. The molecule has 0 radical (unpaired) electrons. The summed E-state index contributed by atoms with van der Waals surface area (Å²) in [7, 11) is 3.67. The molecule has 6 nitrogen and oxygen atoms in total. The average Bonchev–Trinajstić information content (AvgIpc) is 2.91. The van der Waals surface area contributed by atoms with Crippen molar-refractivity contribution in [3.05, 3.63) is 22.2 Å². The van der Waals surface area contributed by atoms with E-state index in [4.69, 9.17) is 0 Å². The minimum absolute atomic E-state index is 0.0780. The van der Waals surface area contributed by atoms with Crippen molar-refractivity contribution in [2.24, 2.45) is 0 Å². The van der Waals surface area contributed by atoms with Crippen LogP contribution in [0.15, 0.2) is 12.1 Å². The Bertz CT molecular complexity index is 444. The molecule has 98 valence electrons. The second kappa shape index (κ2) is 5.20. The number of hydrogen-bond acceptors (Lipinski definition) is 5. The molecule has 18 heavy (non-hydrogen) atoms. The number of aromatic nitrogens is 1. The second-order valence-corrected chi connectivity index (χ2v) is 4.63. The summed E-state index contributed by atoms with van der Waals surface area (Å²) >= 11 is 0. The molecule has 0 atom stereocenters. The van der Waals surface area contributed by atoms with E-state index in [0.29, 0.717) is 17.7 Å². The van der Waals surface area contributed by atoms with E-state index >= 15 is 0 Å². The van der Waals surface area contributed by atoms with Gasteiger partial charge < -0.3 is 10.2 Å². The van der Waals surface area contributed by atoms with Gasteiger partial charge in [-0.05, 0) is 12.8 Å². The van der Waals surface area contributed by atoms with E-state index in [9.17, 15) is 10.1 Å². The topological polar surface area (TPSA) is 71.3 Å². The van der Waals surface area contributed by atoms with Gasteiger partial charge in [-0.15, -0.1) is 0 Å². The molecule has 0 saturated heterocycles. The molecule has 0 aromatic carbocycles. The molecule has 0 amide bonds. The standard InChI is InChI=1S/C12H18N4O2/c1-13-11-7-10(16(17)18)8-12(14-11)15(2)9-5-3-4-6-9/h7-9H,3-6H2,1-2H3,(H,13,14). The second-order valence-electron chi connectivity index (χ2n) is 4.63. The maximum absolute atomic E-state index is 10.9. The van der Waals surface area contributed by atoms with Crippen molar-refractivity contribution in [1.82, 2.24) is 4.98 Å². The van der Waals surface area contributed by atoms with Gasteiger partial charge in [0.25, 0.3) is 5.69 Å². The number of anilines is 2. The van der Waals surface area contributed by atoms with Crippen molar-refractivity contribution in [3.8, 4) is 0 Å². The van der Waals surface area contributed by atoms with Gasteiger partial charge >= 0.3 is 0 Å². The summed E-state index contributed by atoms with van der Waals surface area (Å²) in [6.07, 6.45) is 4.72. The maximum atomic E-state index is 10.9. The van der Waals surface area contributed by atoms with Crippen molar-refractivity contribution in [3.63, 3.8) is 0 Å². The molecule has 1 aliphatic carbocycles. The minimum atomic E-state index is -0.380. The Morgan fingerprint density at radius 1 is 1.44 bits per heavy atom. The third-order valence-corrected chi connectivity index (χ3v) is 3.50. The fraction of sp³-hybridized carbons (Fsp3) is 0.583. The molecule has 0 bridgehead atoms. The van der Waals surface area contributed by atoms with Crippen LogP contribution in [0, 0.1) is 10.1 Å². The van der Waals surface area contributed by atoms with Crippen LogP contribution >= 0.6 is 0 Å². The first-order valence-electron chi connectivity index (χ1n) is 6.19. The highest BCUT2D eigenvalue weighted by atomic mass is 16.6. The van der Waals surface area contributed by atoms with Crippen LogP contribution in [0.4, 0.5) is 17.3 Å². The van der Waals surface area contributed by atoms with Gasteiger partial charge in [0.05, 0.1) is 17.1 Å². The SMILES string of the molecule is CNc1cc([N+](=O)[O-])cc(N(C)C2CCCC2)n1. The first-order valence-corrected chi connectivity index (χ1v) is 6.19. The Balaban J connectivity index is 2.30. The van der Waals surface area contributed by atoms with Crippen LogP contribution < -0.4 is 10.2 Å². The molecule has 1 aromatic heterocycles. The number of pyridine rings is 1. The average molecular weight is 250 g/mol. The minimum Gasteiger partial charge on any atom is -0.373 e. The van der Waals surface area contributed by atoms with E-state index in [2.05, 4.69) is 15.2 Å². The van der Waals surface area contributed by atoms with E-state index in [1.165, 1.54) is 18.9 Å². The lowest BCUT2D eigenvalue weighted by Crippen LogP contribution is -2.29. The zero-order valence-electron chi connectivity index (χ0n) is 10.7. The van der Waals surface area contributed by atoms with Crippen LogP contribution in [-0.4, -0.2) is 30.0 Å². The molecule has 1 saturated carbocycles. The largest absolute Gasteiger partial charge is 0.373 e. The fourth-order valence-electron chi connectivity index (χ4n) is 2.39. The van der Waals surface area contributed by atoms with Gasteiger partial charge in [0, 0.05) is 20.1 Å². The lowest BCUT2D eigenvalue weighted by atomic mass is 10.2. The highest BCUT2D eigenvalue weighted by molar-refractivity contribution is 5.55. The van der Waals surface area contributed by atoms with E-state index in [1.54, 1.807) is 13.1 Å². The summed E-state index contributed by atoms with van der Waals surface area (Å²) in [5, 5.41) is 13.8. The van der Waals surface area contributed by atoms with Gasteiger partial charge in [-0.2, -0.15) is 0 Å². The molecule has 1 heterocycles. The highest BCUT2D eigenvalue weighted by Crippen LogP contribution is 2.29. The van der Waals surface area contributed by atoms with E-state index < -0.39 is 0 Å². The van der Waals surface area contributed by atoms with Gasteiger partial charge in [-0.3, -0.25) is 10.1 Å². The van der Waals surface area contributed by atoms with Gasteiger partial charge in [0.2, 0.25) is 0 Å². The van der Waals surface area contributed by atoms with Crippen molar-refractivity contribution >= 4 is 17.3 Å². The van der Waals surface area contributed by atoms with Crippen LogP contribution in [-0.2, 0) is 0 Å². The van der Waals surface area contributed by atoms with Crippen LogP contribution in [0.25, 0.3) is 0 Å². The molecule has 1 aliphatic rings. The van der Waals surface area contributed by atoms with Crippen LogP contribution in [0.1, 0.15) is 25.7 Å². The Hall–Kier alpha value is -1.85. The molecular formula is C12H18N4O2. The molecular weight excluding hydrogens is 232 g/mol. The zero-order valence-corrected chi connectivity index (χ0v) is 10.7. The maximum Gasteiger partial charge on any atom is 0.276 e. The summed E-state index contributed by atoms with van der Waals surface area (Å²) in [6.45, 7) is 0. The predicted octanol–water partition coefficient (Wildman–Crippen LogP) is 2.41. The Labute approximate surface area is 106 Å². The van der Waals surface area contributed by atoms with Crippen LogP contribution in [0.5, 0.6) is 0 Å². The number of nitro groups is 1. The number of nitrogens with zero attached hydrogens (tertiary/aromatic N) is 3. The summed E-state index contributed by atoms with van der Waals surface area (Å²) < 4.78 is 0. The van der Waals surface area contributed by atoms with Crippen molar-refractivity contribution in [2.45, 2.75) is 31.7 Å². The first-order chi connectivity index (χ1) is 8.61. The molecule has 6 heteroatoms. The Morgan fingerprint density at radius 2 is 2.11 bits per heavy atom. The van der Waals surface area contributed by atoms with Gasteiger partial charge in [-0.25, -0.2) is 4.98 Å². The Kier molecular flexibility index (Phi) is 3.64. The third kappa shape index (κ3) is 2.52. The van der Waals surface area contributed by atoms with E-state index in [1.807, 2.05) is 7.05 Å². The molecule has 0 aliphatic heterocycles. The van der Waals surface area contributed by atoms with Crippen LogP contribution in [0.2, 0.25) is 0 Å². The normalized spacial score (nSPS) is 15.7. The first kappa shape index (κ1) is 12.6. The Morgan fingerprint density at radius 3 is 2.67 bits per heavy atom. The predicted molar refractivity (Wildman–Crippen MR) is 71.1 cm³/mol. The molecule has 1 N–H and O–H groups in total. The van der Waals surface area contributed by atoms with Crippen molar-refractivity contribution < 1.29 is 4.92 Å². The molecule has 0 spiro atoms. The highest BCUT2D eigenvalue weighted by Gasteiger charge is 2.22. The number of nitrogens with one attached hydrogen (secondary N) is 1. The third-order valence-electron chi connectivity index (χ3n) is 3.50. The summed E-state index contributed by atoms with van der Waals surface area (Å²) in [6, 6.07) is 3.44. The molecule has 1 aromatic rings. The summed E-state index contributed by atoms with van der Waals surface area (Å²) in [4.78, 5) is 17.0. The lowest BCUT2D eigenvalue weighted by Gasteiger charge is -2.25. The van der Waals surface area contributed by atoms with Crippen LogP contribution in [0.3, 0.4) is 0 Å². The zero-order chi connectivity index (χ0) is 13.1. The van der Waals surface area contributed by atoms with Crippen molar-refractivity contribution in [2.75, 3.05) is 24.3 Å². The molecule has 0 unspecified atom stereocenters.